The van der Waals surface area contributed by atoms with Crippen molar-refractivity contribution in [3.05, 3.63) is 90.1 Å². The fraction of sp³-hybridized carbons (Fsp3) is 0.190. The van der Waals surface area contributed by atoms with Crippen molar-refractivity contribution in [3.63, 3.8) is 0 Å². The van der Waals surface area contributed by atoms with Gasteiger partial charge in [-0.25, -0.2) is 9.07 Å². The van der Waals surface area contributed by atoms with Gasteiger partial charge in [-0.1, -0.05) is 23.4 Å². The average molecular weight is 393 g/mol. The Labute approximate surface area is 167 Å². The Kier molecular flexibility index (Phi) is 5.62. The van der Waals surface area contributed by atoms with Crippen LogP contribution >= 0.6 is 0 Å². The molecule has 2 heterocycles. The predicted molar refractivity (Wildman–Crippen MR) is 104 cm³/mol. The van der Waals surface area contributed by atoms with E-state index in [2.05, 4.69) is 20.1 Å². The molecule has 0 amide bonds. The van der Waals surface area contributed by atoms with E-state index in [1.807, 2.05) is 54.5 Å². The molecular weight excluding hydrogens is 373 g/mol. The Hall–Kier alpha value is -3.52. The SMILES string of the molecule is CN(Cc1cnn(-c2ccccc2)c1)Cc1nc(COc2ccc(F)cc2)no1. The van der Waals surface area contributed by atoms with Gasteiger partial charge in [-0.15, -0.1) is 0 Å². The van der Waals surface area contributed by atoms with Crippen LogP contribution in [0.2, 0.25) is 0 Å². The van der Waals surface area contributed by atoms with E-state index in [-0.39, 0.29) is 12.4 Å². The number of ether oxygens (including phenoxy) is 1. The third-order valence-electron chi connectivity index (χ3n) is 4.21. The van der Waals surface area contributed by atoms with Gasteiger partial charge in [0, 0.05) is 18.3 Å². The van der Waals surface area contributed by atoms with Crippen molar-refractivity contribution in [1.82, 2.24) is 24.8 Å². The monoisotopic (exact) mass is 393 g/mol. The van der Waals surface area contributed by atoms with E-state index in [0.717, 1.165) is 11.3 Å². The lowest BCUT2D eigenvalue weighted by Gasteiger charge is -2.12. The fourth-order valence-electron chi connectivity index (χ4n) is 2.85. The third-order valence-corrected chi connectivity index (χ3v) is 4.21. The summed E-state index contributed by atoms with van der Waals surface area (Å²) in [5.74, 6) is 1.18. The van der Waals surface area contributed by atoms with Crippen LogP contribution in [-0.4, -0.2) is 31.9 Å². The molecule has 8 heteroatoms. The minimum Gasteiger partial charge on any atom is -0.485 e. The van der Waals surface area contributed by atoms with E-state index in [1.165, 1.54) is 12.1 Å². The molecule has 0 unspecified atom stereocenters. The van der Waals surface area contributed by atoms with Gasteiger partial charge in [0.1, 0.15) is 11.6 Å². The number of benzene rings is 2. The number of para-hydroxylation sites is 1. The van der Waals surface area contributed by atoms with Crippen LogP contribution in [0, 0.1) is 5.82 Å². The maximum absolute atomic E-state index is 12.9. The molecule has 4 aromatic rings. The molecule has 0 bridgehead atoms. The zero-order valence-electron chi connectivity index (χ0n) is 15.9. The molecule has 2 aromatic carbocycles. The van der Waals surface area contributed by atoms with Crippen LogP contribution in [0.5, 0.6) is 5.75 Å². The van der Waals surface area contributed by atoms with E-state index in [1.54, 1.807) is 12.1 Å². The zero-order chi connectivity index (χ0) is 20.1. The molecule has 2 aromatic heterocycles. The van der Waals surface area contributed by atoms with Crippen molar-refractivity contribution in [2.24, 2.45) is 0 Å². The quantitative estimate of drug-likeness (QED) is 0.456. The number of halogens is 1. The highest BCUT2D eigenvalue weighted by molar-refractivity contribution is 5.30. The number of aromatic nitrogens is 4. The first-order valence-corrected chi connectivity index (χ1v) is 9.13. The lowest BCUT2D eigenvalue weighted by molar-refractivity contribution is 0.256. The van der Waals surface area contributed by atoms with Crippen molar-refractivity contribution in [1.29, 1.82) is 0 Å². The number of hydrogen-bond acceptors (Lipinski definition) is 6. The summed E-state index contributed by atoms with van der Waals surface area (Å²) in [7, 11) is 1.97. The molecule has 7 nitrogen and oxygen atoms in total. The Morgan fingerprint density at radius 3 is 2.66 bits per heavy atom. The van der Waals surface area contributed by atoms with Gasteiger partial charge in [0.05, 0.1) is 18.4 Å². The molecule has 0 N–H and O–H groups in total. The molecule has 0 radical (unpaired) electrons. The highest BCUT2D eigenvalue weighted by Gasteiger charge is 2.11. The lowest BCUT2D eigenvalue weighted by Crippen LogP contribution is -2.17. The summed E-state index contributed by atoms with van der Waals surface area (Å²) in [6.07, 6.45) is 3.85. The van der Waals surface area contributed by atoms with E-state index >= 15 is 0 Å². The van der Waals surface area contributed by atoms with Crippen LogP contribution < -0.4 is 4.74 Å². The summed E-state index contributed by atoms with van der Waals surface area (Å²) in [6.45, 7) is 1.35. The second-order valence-corrected chi connectivity index (χ2v) is 6.65. The first-order chi connectivity index (χ1) is 14.2. The molecule has 0 fully saturated rings. The molecule has 0 aliphatic rings. The van der Waals surface area contributed by atoms with Crippen molar-refractivity contribution in [3.8, 4) is 11.4 Å². The molecule has 0 spiro atoms. The molecular formula is C21H20FN5O2. The summed E-state index contributed by atoms with van der Waals surface area (Å²) >= 11 is 0. The Morgan fingerprint density at radius 1 is 1.07 bits per heavy atom. The second-order valence-electron chi connectivity index (χ2n) is 6.65. The molecule has 4 rings (SSSR count). The van der Waals surface area contributed by atoms with Crippen molar-refractivity contribution in [2.45, 2.75) is 19.7 Å². The van der Waals surface area contributed by atoms with E-state index in [0.29, 0.717) is 30.6 Å². The van der Waals surface area contributed by atoms with Gasteiger partial charge in [-0.2, -0.15) is 10.1 Å². The second kappa shape index (κ2) is 8.66. The van der Waals surface area contributed by atoms with Gasteiger partial charge in [-0.05, 0) is 43.4 Å². The van der Waals surface area contributed by atoms with Crippen LogP contribution in [0.4, 0.5) is 4.39 Å². The van der Waals surface area contributed by atoms with Gasteiger partial charge in [0.25, 0.3) is 0 Å². The van der Waals surface area contributed by atoms with E-state index < -0.39 is 0 Å². The van der Waals surface area contributed by atoms with E-state index in [9.17, 15) is 4.39 Å². The summed E-state index contributed by atoms with van der Waals surface area (Å²) in [4.78, 5) is 6.40. The van der Waals surface area contributed by atoms with E-state index in [4.69, 9.17) is 9.26 Å². The summed E-state index contributed by atoms with van der Waals surface area (Å²) < 4.78 is 25.6. The molecule has 29 heavy (non-hydrogen) atoms. The number of nitrogens with zero attached hydrogens (tertiary/aromatic N) is 5. The van der Waals surface area contributed by atoms with Gasteiger partial charge >= 0.3 is 0 Å². The smallest absolute Gasteiger partial charge is 0.240 e. The first kappa shape index (κ1) is 18.8. The Balaban J connectivity index is 1.29. The van der Waals surface area contributed by atoms with Gasteiger partial charge in [-0.3, -0.25) is 4.90 Å². The standard InChI is InChI=1S/C21H20FN5O2/c1-26(12-16-11-23-27(13-16)18-5-3-2-4-6-18)14-21-24-20(25-29-21)15-28-19-9-7-17(22)8-10-19/h2-11,13H,12,14-15H2,1H3. The third kappa shape index (κ3) is 5.05. The predicted octanol–water partition coefficient (Wildman–Crippen LogP) is 3.61. The Morgan fingerprint density at radius 2 is 1.86 bits per heavy atom. The molecule has 0 saturated heterocycles. The van der Waals surface area contributed by atoms with Crippen molar-refractivity contribution < 1.29 is 13.7 Å². The van der Waals surface area contributed by atoms with Gasteiger partial charge < -0.3 is 9.26 Å². The van der Waals surface area contributed by atoms with Crippen LogP contribution in [0.15, 0.2) is 71.5 Å². The maximum atomic E-state index is 12.9. The number of hydrogen-bond donors (Lipinski definition) is 0. The fourth-order valence-corrected chi connectivity index (χ4v) is 2.85. The lowest BCUT2D eigenvalue weighted by atomic mass is 10.3. The topological polar surface area (TPSA) is 69.2 Å². The first-order valence-electron chi connectivity index (χ1n) is 9.13. The molecule has 0 aliphatic carbocycles. The normalized spacial score (nSPS) is 11.1. The summed E-state index contributed by atoms with van der Waals surface area (Å²) in [5.41, 5.74) is 2.10. The minimum absolute atomic E-state index is 0.155. The molecule has 0 aliphatic heterocycles. The summed E-state index contributed by atoms with van der Waals surface area (Å²) in [5, 5.41) is 8.33. The van der Waals surface area contributed by atoms with Crippen LogP contribution in [0.1, 0.15) is 17.3 Å². The van der Waals surface area contributed by atoms with Crippen LogP contribution in [-0.2, 0) is 19.7 Å². The molecule has 0 saturated carbocycles. The van der Waals surface area contributed by atoms with Crippen molar-refractivity contribution >= 4 is 0 Å². The van der Waals surface area contributed by atoms with Gasteiger partial charge in [0.2, 0.25) is 11.7 Å². The minimum atomic E-state index is -0.309. The van der Waals surface area contributed by atoms with Gasteiger partial charge in [0.15, 0.2) is 6.61 Å². The van der Waals surface area contributed by atoms with Crippen molar-refractivity contribution in [2.75, 3.05) is 7.05 Å². The highest BCUT2D eigenvalue weighted by atomic mass is 19.1. The van der Waals surface area contributed by atoms with Crippen LogP contribution in [0.3, 0.4) is 0 Å². The largest absolute Gasteiger partial charge is 0.485 e. The maximum Gasteiger partial charge on any atom is 0.240 e. The highest BCUT2D eigenvalue weighted by Crippen LogP contribution is 2.14. The Bertz CT molecular complexity index is 1050. The summed E-state index contributed by atoms with van der Waals surface area (Å²) in [6, 6.07) is 15.7. The number of rotatable bonds is 8. The molecule has 148 valence electrons. The average Bonchev–Trinajstić information content (AvgIpc) is 3.38. The van der Waals surface area contributed by atoms with Crippen LogP contribution in [0.25, 0.3) is 5.69 Å². The zero-order valence-corrected chi connectivity index (χ0v) is 15.9. The molecule has 0 atom stereocenters.